The number of halogens is 2. The Morgan fingerprint density at radius 2 is 1.79 bits per heavy atom. The maximum atomic E-state index is 13.3. The molecule has 1 aromatic heterocycles. The van der Waals surface area contributed by atoms with E-state index < -0.39 is 6.10 Å². The van der Waals surface area contributed by atoms with E-state index >= 15 is 0 Å². The molecular formula is C30H29Cl2N3O3. The SMILES string of the molecule is Cc1c(C(=O)N[C@@H]2CCCC[C@@H]2O)nc(-c2ccc(Cl)cc2Cl)n1-c1ccc(OCc2ccccc2)cc1. The fraction of sp³-hybridized carbons (Fsp3) is 0.267. The molecule has 0 aliphatic heterocycles. The van der Waals surface area contributed by atoms with E-state index in [4.69, 9.17) is 32.9 Å². The lowest BCUT2D eigenvalue weighted by Gasteiger charge is -2.28. The van der Waals surface area contributed by atoms with Crippen LogP contribution in [0, 0.1) is 6.92 Å². The Kier molecular flexibility index (Phi) is 8.03. The van der Waals surface area contributed by atoms with Crippen molar-refractivity contribution < 1.29 is 14.6 Å². The number of rotatable bonds is 7. The van der Waals surface area contributed by atoms with Crippen LogP contribution in [0.1, 0.15) is 47.4 Å². The molecule has 5 rings (SSSR count). The van der Waals surface area contributed by atoms with Crippen molar-refractivity contribution >= 4 is 29.1 Å². The Bertz CT molecular complexity index is 1420. The van der Waals surface area contributed by atoms with Crippen molar-refractivity contribution in [1.29, 1.82) is 0 Å². The van der Waals surface area contributed by atoms with E-state index in [2.05, 4.69) is 5.32 Å². The monoisotopic (exact) mass is 549 g/mol. The average molecular weight is 550 g/mol. The van der Waals surface area contributed by atoms with Crippen LogP contribution >= 0.6 is 23.2 Å². The molecule has 38 heavy (non-hydrogen) atoms. The van der Waals surface area contributed by atoms with Crippen LogP contribution in [-0.4, -0.2) is 32.7 Å². The standard InChI is InChI=1S/C30H29Cl2N3O3/c1-19-28(30(37)33-26-9-5-6-10-27(26)36)34-29(24-16-11-21(31)17-25(24)32)35(19)22-12-14-23(15-13-22)38-18-20-7-3-2-4-8-20/h2-4,7-8,11-17,26-27,36H,5-6,9-10,18H2,1H3,(H,33,37)/t26-,27+/m1/s1. The predicted octanol–water partition coefficient (Wildman–Crippen LogP) is 6.77. The van der Waals surface area contributed by atoms with Crippen molar-refractivity contribution in [2.24, 2.45) is 0 Å². The second-order valence-electron chi connectivity index (χ2n) is 9.53. The summed E-state index contributed by atoms with van der Waals surface area (Å²) in [5, 5.41) is 14.3. The molecule has 1 fully saturated rings. The van der Waals surface area contributed by atoms with E-state index in [9.17, 15) is 9.90 Å². The molecule has 3 aromatic carbocycles. The first kappa shape index (κ1) is 26.3. The number of aliphatic hydroxyl groups is 1. The Morgan fingerprint density at radius 1 is 1.05 bits per heavy atom. The number of ether oxygens (including phenoxy) is 1. The highest BCUT2D eigenvalue weighted by Gasteiger charge is 2.28. The number of carbonyl (C=O) groups excluding carboxylic acids is 1. The van der Waals surface area contributed by atoms with Crippen molar-refractivity contribution in [1.82, 2.24) is 14.9 Å². The molecule has 6 nitrogen and oxygen atoms in total. The molecule has 1 saturated carbocycles. The van der Waals surface area contributed by atoms with Gasteiger partial charge in [-0.05, 0) is 67.8 Å². The fourth-order valence-corrected chi connectivity index (χ4v) is 5.33. The van der Waals surface area contributed by atoms with Gasteiger partial charge in [-0.25, -0.2) is 4.98 Å². The zero-order valence-corrected chi connectivity index (χ0v) is 22.5. The minimum absolute atomic E-state index is 0.285. The van der Waals surface area contributed by atoms with Crippen molar-refractivity contribution in [2.45, 2.75) is 51.4 Å². The van der Waals surface area contributed by atoms with Crippen molar-refractivity contribution in [3.8, 4) is 22.8 Å². The maximum Gasteiger partial charge on any atom is 0.272 e. The van der Waals surface area contributed by atoms with Gasteiger partial charge in [0.15, 0.2) is 0 Å². The number of amides is 1. The highest BCUT2D eigenvalue weighted by Crippen LogP contribution is 2.34. The summed E-state index contributed by atoms with van der Waals surface area (Å²) in [6.45, 7) is 2.32. The minimum Gasteiger partial charge on any atom is -0.489 e. The first-order chi connectivity index (χ1) is 18.4. The first-order valence-electron chi connectivity index (χ1n) is 12.7. The number of aliphatic hydroxyl groups excluding tert-OH is 1. The van der Waals surface area contributed by atoms with Gasteiger partial charge in [-0.3, -0.25) is 9.36 Å². The normalized spacial score (nSPS) is 17.3. The van der Waals surface area contributed by atoms with E-state index in [0.29, 0.717) is 40.2 Å². The summed E-state index contributed by atoms with van der Waals surface area (Å²) in [5.41, 5.74) is 3.49. The highest BCUT2D eigenvalue weighted by atomic mass is 35.5. The third-order valence-electron chi connectivity index (χ3n) is 6.88. The molecule has 196 valence electrons. The molecular weight excluding hydrogens is 521 g/mol. The Hall–Kier alpha value is -3.32. The molecule has 8 heteroatoms. The van der Waals surface area contributed by atoms with Crippen LogP contribution in [0.3, 0.4) is 0 Å². The number of hydrogen-bond acceptors (Lipinski definition) is 4. The Balaban J connectivity index is 1.48. The molecule has 1 aliphatic carbocycles. The largest absolute Gasteiger partial charge is 0.489 e. The van der Waals surface area contributed by atoms with Crippen molar-refractivity contribution in [3.05, 3.63) is 99.8 Å². The summed E-state index contributed by atoms with van der Waals surface area (Å²) in [6, 6.07) is 22.5. The number of nitrogens with zero attached hydrogens (tertiary/aromatic N) is 2. The molecule has 1 aliphatic rings. The van der Waals surface area contributed by atoms with Gasteiger partial charge in [0.1, 0.15) is 23.9 Å². The molecule has 1 amide bonds. The lowest BCUT2D eigenvalue weighted by molar-refractivity contribution is 0.0713. The van der Waals surface area contributed by atoms with Gasteiger partial charge < -0.3 is 15.2 Å². The van der Waals surface area contributed by atoms with Crippen LogP contribution in [0.2, 0.25) is 10.0 Å². The molecule has 0 bridgehead atoms. The van der Waals surface area contributed by atoms with Gasteiger partial charge in [-0.2, -0.15) is 0 Å². The minimum atomic E-state index is -0.552. The lowest BCUT2D eigenvalue weighted by atomic mass is 9.92. The first-order valence-corrected chi connectivity index (χ1v) is 13.5. The van der Waals surface area contributed by atoms with E-state index in [1.165, 1.54) is 0 Å². The van der Waals surface area contributed by atoms with Crippen LogP contribution < -0.4 is 10.1 Å². The van der Waals surface area contributed by atoms with Gasteiger partial charge in [0.05, 0.1) is 22.9 Å². The Labute approximate surface area is 232 Å². The van der Waals surface area contributed by atoms with E-state index in [-0.39, 0.29) is 17.6 Å². The van der Waals surface area contributed by atoms with Crippen LogP contribution in [0.15, 0.2) is 72.8 Å². The summed E-state index contributed by atoms with van der Waals surface area (Å²) < 4.78 is 7.85. The highest BCUT2D eigenvalue weighted by molar-refractivity contribution is 6.36. The molecule has 0 saturated heterocycles. The topological polar surface area (TPSA) is 76.4 Å². The van der Waals surface area contributed by atoms with Crippen molar-refractivity contribution in [3.63, 3.8) is 0 Å². The lowest BCUT2D eigenvalue weighted by Crippen LogP contribution is -2.45. The van der Waals surface area contributed by atoms with Crippen LogP contribution in [-0.2, 0) is 6.61 Å². The number of imidazole rings is 1. The molecule has 0 radical (unpaired) electrons. The van der Waals surface area contributed by atoms with Crippen LogP contribution in [0.4, 0.5) is 0 Å². The van der Waals surface area contributed by atoms with E-state index in [1.54, 1.807) is 18.2 Å². The molecule has 2 atom stereocenters. The molecule has 2 N–H and O–H groups in total. The van der Waals surface area contributed by atoms with E-state index in [1.807, 2.05) is 66.1 Å². The molecule has 1 heterocycles. The smallest absolute Gasteiger partial charge is 0.272 e. The molecule has 0 unspecified atom stereocenters. The van der Waals surface area contributed by atoms with Crippen LogP contribution in [0.5, 0.6) is 5.75 Å². The second kappa shape index (κ2) is 11.6. The van der Waals surface area contributed by atoms with Gasteiger partial charge in [-0.1, -0.05) is 66.4 Å². The third kappa shape index (κ3) is 5.73. The zero-order chi connectivity index (χ0) is 26.6. The quantitative estimate of drug-likeness (QED) is 0.266. The predicted molar refractivity (Wildman–Crippen MR) is 150 cm³/mol. The number of aromatic nitrogens is 2. The number of nitrogens with one attached hydrogen (secondary N) is 1. The summed E-state index contributed by atoms with van der Waals surface area (Å²) in [5.74, 6) is 0.934. The average Bonchev–Trinajstić information content (AvgIpc) is 3.26. The zero-order valence-electron chi connectivity index (χ0n) is 21.0. The summed E-state index contributed by atoms with van der Waals surface area (Å²) in [4.78, 5) is 18.1. The number of benzene rings is 3. The van der Waals surface area contributed by atoms with Gasteiger partial charge in [-0.15, -0.1) is 0 Å². The summed E-state index contributed by atoms with van der Waals surface area (Å²) in [6.07, 6.45) is 2.81. The summed E-state index contributed by atoms with van der Waals surface area (Å²) >= 11 is 12.7. The fourth-order valence-electron chi connectivity index (χ4n) is 4.83. The maximum absolute atomic E-state index is 13.3. The molecule has 4 aromatic rings. The molecule has 0 spiro atoms. The summed E-state index contributed by atoms with van der Waals surface area (Å²) in [7, 11) is 0. The van der Waals surface area contributed by atoms with Crippen LogP contribution in [0.25, 0.3) is 17.1 Å². The van der Waals surface area contributed by atoms with Gasteiger partial charge in [0.25, 0.3) is 5.91 Å². The number of carbonyl (C=O) groups is 1. The van der Waals surface area contributed by atoms with Gasteiger partial charge in [0.2, 0.25) is 0 Å². The van der Waals surface area contributed by atoms with Crippen molar-refractivity contribution in [2.75, 3.05) is 0 Å². The van der Waals surface area contributed by atoms with Gasteiger partial charge >= 0.3 is 0 Å². The second-order valence-corrected chi connectivity index (χ2v) is 10.4. The number of hydrogen-bond donors (Lipinski definition) is 2. The van der Waals surface area contributed by atoms with E-state index in [0.717, 1.165) is 36.3 Å². The third-order valence-corrected chi connectivity index (χ3v) is 7.43. The Morgan fingerprint density at radius 3 is 2.50 bits per heavy atom. The van der Waals surface area contributed by atoms with Gasteiger partial charge in [0, 0.05) is 16.3 Å².